The first kappa shape index (κ1) is 14.9. The van der Waals surface area contributed by atoms with E-state index in [1.54, 1.807) is 0 Å². The van der Waals surface area contributed by atoms with E-state index in [0.717, 1.165) is 50.3 Å². The number of nitrogens with one attached hydrogen (secondary N) is 2. The molecule has 0 bridgehead atoms. The van der Waals surface area contributed by atoms with Crippen molar-refractivity contribution in [3.05, 3.63) is 0 Å². The lowest BCUT2D eigenvalue weighted by atomic mass is 9.82. The molecule has 23 heavy (non-hydrogen) atoms. The second kappa shape index (κ2) is 5.47. The van der Waals surface area contributed by atoms with Gasteiger partial charge in [-0.2, -0.15) is 0 Å². The number of nitrogens with zero attached hydrogens (tertiary/aromatic N) is 2. The van der Waals surface area contributed by atoms with E-state index in [1.807, 2.05) is 4.90 Å². The van der Waals surface area contributed by atoms with Crippen LogP contribution in [0.25, 0.3) is 0 Å². The molecule has 0 unspecified atom stereocenters. The SMILES string of the molecule is O=C(CN1C(=O)NC2(CCCCC2)C1=O)N1C[C@H]2CNC[C@H]2C1. The van der Waals surface area contributed by atoms with Gasteiger partial charge in [-0.3, -0.25) is 14.5 Å². The summed E-state index contributed by atoms with van der Waals surface area (Å²) in [5, 5.41) is 6.20. The van der Waals surface area contributed by atoms with Crippen molar-refractivity contribution in [2.45, 2.75) is 37.6 Å². The molecule has 7 nitrogen and oxygen atoms in total. The zero-order valence-electron chi connectivity index (χ0n) is 13.3. The van der Waals surface area contributed by atoms with Crippen molar-refractivity contribution < 1.29 is 14.4 Å². The molecular weight excluding hydrogens is 296 g/mol. The van der Waals surface area contributed by atoms with Crippen LogP contribution in [0.4, 0.5) is 4.79 Å². The highest BCUT2D eigenvalue weighted by Gasteiger charge is 2.52. The summed E-state index contributed by atoms with van der Waals surface area (Å²) in [7, 11) is 0. The Morgan fingerprint density at radius 1 is 1.09 bits per heavy atom. The van der Waals surface area contributed by atoms with Gasteiger partial charge >= 0.3 is 6.03 Å². The molecule has 126 valence electrons. The lowest BCUT2D eigenvalue weighted by molar-refractivity contribution is -0.139. The van der Waals surface area contributed by atoms with Gasteiger partial charge in [-0.05, 0) is 24.7 Å². The van der Waals surface area contributed by atoms with Gasteiger partial charge in [0.15, 0.2) is 0 Å². The van der Waals surface area contributed by atoms with Crippen molar-refractivity contribution in [2.24, 2.45) is 11.8 Å². The molecule has 3 heterocycles. The molecule has 0 aromatic carbocycles. The maximum atomic E-state index is 12.7. The van der Waals surface area contributed by atoms with Crippen LogP contribution in [-0.4, -0.2) is 65.9 Å². The summed E-state index contributed by atoms with van der Waals surface area (Å²) in [5.41, 5.74) is -0.735. The molecule has 4 rings (SSSR count). The molecule has 7 heteroatoms. The van der Waals surface area contributed by atoms with E-state index in [0.29, 0.717) is 24.7 Å². The molecule has 4 amide bonds. The Hall–Kier alpha value is -1.63. The van der Waals surface area contributed by atoms with E-state index in [1.165, 1.54) is 0 Å². The van der Waals surface area contributed by atoms with E-state index in [-0.39, 0.29) is 18.4 Å². The van der Waals surface area contributed by atoms with Crippen LogP contribution in [0, 0.1) is 11.8 Å². The van der Waals surface area contributed by atoms with E-state index in [2.05, 4.69) is 10.6 Å². The average Bonchev–Trinajstić information content (AvgIpc) is 3.18. The Labute approximate surface area is 135 Å². The summed E-state index contributed by atoms with van der Waals surface area (Å²) in [6, 6.07) is -0.397. The van der Waals surface area contributed by atoms with Crippen molar-refractivity contribution in [3.8, 4) is 0 Å². The van der Waals surface area contributed by atoms with Crippen LogP contribution in [0.15, 0.2) is 0 Å². The number of amides is 4. The highest BCUT2D eigenvalue weighted by molar-refractivity contribution is 6.09. The fraction of sp³-hybridized carbons (Fsp3) is 0.812. The Morgan fingerprint density at radius 3 is 2.39 bits per heavy atom. The minimum Gasteiger partial charge on any atom is -0.340 e. The number of hydrogen-bond acceptors (Lipinski definition) is 4. The lowest BCUT2D eigenvalue weighted by Gasteiger charge is -2.30. The summed E-state index contributed by atoms with van der Waals surface area (Å²) < 4.78 is 0. The predicted octanol–water partition coefficient (Wildman–Crippen LogP) is -0.0811. The third-order valence-electron chi connectivity index (χ3n) is 5.99. The van der Waals surface area contributed by atoms with E-state index in [4.69, 9.17) is 0 Å². The summed E-state index contributed by atoms with van der Waals surface area (Å²) in [4.78, 5) is 40.4. The summed E-state index contributed by atoms with van der Waals surface area (Å²) in [6.45, 7) is 3.29. The molecule has 0 aromatic rings. The Balaban J connectivity index is 1.41. The summed E-state index contributed by atoms with van der Waals surface area (Å²) in [5.74, 6) is 0.742. The van der Waals surface area contributed by atoms with Crippen LogP contribution >= 0.6 is 0 Å². The Kier molecular flexibility index (Phi) is 3.55. The second-order valence-electron chi connectivity index (χ2n) is 7.44. The fourth-order valence-electron chi connectivity index (χ4n) is 4.61. The lowest BCUT2D eigenvalue weighted by Crippen LogP contribution is -2.49. The zero-order valence-corrected chi connectivity index (χ0v) is 13.3. The predicted molar refractivity (Wildman–Crippen MR) is 82.5 cm³/mol. The normalized spacial score (nSPS) is 32.5. The van der Waals surface area contributed by atoms with Gasteiger partial charge in [0.1, 0.15) is 12.1 Å². The smallest absolute Gasteiger partial charge is 0.325 e. The van der Waals surface area contributed by atoms with Gasteiger partial charge in [0, 0.05) is 26.2 Å². The van der Waals surface area contributed by atoms with Gasteiger partial charge in [0.05, 0.1) is 0 Å². The highest BCUT2D eigenvalue weighted by atomic mass is 16.2. The largest absolute Gasteiger partial charge is 0.340 e. The van der Waals surface area contributed by atoms with Crippen LogP contribution in [0.5, 0.6) is 0 Å². The number of likely N-dealkylation sites (tertiary alicyclic amines) is 1. The number of fused-ring (bicyclic) bond motifs is 1. The van der Waals surface area contributed by atoms with Gasteiger partial charge < -0.3 is 15.5 Å². The number of hydrogen-bond donors (Lipinski definition) is 2. The minimum absolute atomic E-state index is 0.101. The van der Waals surface area contributed by atoms with Crippen LogP contribution in [0.3, 0.4) is 0 Å². The molecule has 3 aliphatic heterocycles. The van der Waals surface area contributed by atoms with Gasteiger partial charge in [-0.1, -0.05) is 19.3 Å². The first-order valence-electron chi connectivity index (χ1n) is 8.72. The average molecular weight is 320 g/mol. The summed E-state index contributed by atoms with van der Waals surface area (Å²) >= 11 is 0. The number of rotatable bonds is 2. The first-order valence-corrected chi connectivity index (χ1v) is 8.72. The summed E-state index contributed by atoms with van der Waals surface area (Å²) in [6.07, 6.45) is 4.41. The van der Waals surface area contributed by atoms with Crippen molar-refractivity contribution in [1.29, 1.82) is 0 Å². The maximum Gasteiger partial charge on any atom is 0.325 e. The van der Waals surface area contributed by atoms with Crippen LogP contribution in [0.1, 0.15) is 32.1 Å². The molecule has 2 atom stereocenters. The molecular formula is C16H24N4O3. The standard InChI is InChI=1S/C16H24N4O3/c21-13(19-8-11-6-17-7-12(11)9-19)10-20-14(22)16(18-15(20)23)4-2-1-3-5-16/h11-12,17H,1-10H2,(H,18,23)/t11-,12+. The third kappa shape index (κ3) is 2.41. The fourth-order valence-corrected chi connectivity index (χ4v) is 4.61. The number of carbonyl (C=O) groups excluding carboxylic acids is 3. The van der Waals surface area contributed by atoms with Gasteiger partial charge in [-0.15, -0.1) is 0 Å². The van der Waals surface area contributed by atoms with Crippen molar-refractivity contribution in [2.75, 3.05) is 32.7 Å². The minimum atomic E-state index is -0.735. The van der Waals surface area contributed by atoms with Crippen LogP contribution in [0.2, 0.25) is 0 Å². The van der Waals surface area contributed by atoms with Crippen molar-refractivity contribution in [1.82, 2.24) is 20.4 Å². The number of carbonyl (C=O) groups is 3. The second-order valence-corrected chi connectivity index (χ2v) is 7.44. The van der Waals surface area contributed by atoms with Gasteiger partial charge in [-0.25, -0.2) is 4.79 Å². The highest BCUT2D eigenvalue weighted by Crippen LogP contribution is 2.34. The van der Waals surface area contributed by atoms with E-state index < -0.39 is 11.6 Å². The Morgan fingerprint density at radius 2 is 1.74 bits per heavy atom. The topological polar surface area (TPSA) is 81.8 Å². The first-order chi connectivity index (χ1) is 11.1. The molecule has 4 fully saturated rings. The molecule has 1 spiro atoms. The molecule has 0 aromatic heterocycles. The van der Waals surface area contributed by atoms with E-state index in [9.17, 15) is 14.4 Å². The van der Waals surface area contributed by atoms with Crippen LogP contribution < -0.4 is 10.6 Å². The van der Waals surface area contributed by atoms with Crippen molar-refractivity contribution in [3.63, 3.8) is 0 Å². The van der Waals surface area contributed by atoms with Gasteiger partial charge in [0.25, 0.3) is 5.91 Å². The Bertz CT molecular complexity index is 531. The van der Waals surface area contributed by atoms with Crippen LogP contribution in [-0.2, 0) is 9.59 Å². The number of urea groups is 1. The third-order valence-corrected chi connectivity index (χ3v) is 5.99. The monoisotopic (exact) mass is 320 g/mol. The zero-order chi connectivity index (χ0) is 16.0. The maximum absolute atomic E-state index is 12.7. The molecule has 4 aliphatic rings. The molecule has 0 radical (unpaired) electrons. The number of imide groups is 1. The quantitative estimate of drug-likeness (QED) is 0.697. The molecule has 3 saturated heterocycles. The molecule has 1 aliphatic carbocycles. The molecule has 1 saturated carbocycles. The van der Waals surface area contributed by atoms with Crippen molar-refractivity contribution >= 4 is 17.8 Å². The molecule has 2 N–H and O–H groups in total. The van der Waals surface area contributed by atoms with Gasteiger partial charge in [0.2, 0.25) is 5.91 Å². The van der Waals surface area contributed by atoms with E-state index >= 15 is 0 Å².